The maximum Gasteiger partial charge on any atom is 0.244 e. The summed E-state index contributed by atoms with van der Waals surface area (Å²) in [6, 6.07) is 9.25. The predicted octanol–water partition coefficient (Wildman–Crippen LogP) is 1.22. The van der Waals surface area contributed by atoms with E-state index < -0.39 is 0 Å². The highest BCUT2D eigenvalue weighted by Gasteiger charge is 2.12. The second-order valence-corrected chi connectivity index (χ2v) is 4.32. The fourth-order valence-electron chi connectivity index (χ4n) is 1.47. The van der Waals surface area contributed by atoms with Crippen molar-refractivity contribution in [3.63, 3.8) is 0 Å². The van der Waals surface area contributed by atoms with Crippen molar-refractivity contribution in [3.05, 3.63) is 30.3 Å². The molecule has 94 valence electrons. The van der Waals surface area contributed by atoms with Crippen molar-refractivity contribution < 1.29 is 4.79 Å². The Morgan fingerprint density at radius 2 is 2.11 bits per heavy atom. The summed E-state index contributed by atoms with van der Waals surface area (Å²) in [5, 5.41) is 11.0. The molecule has 0 unspecified atom stereocenters. The highest BCUT2D eigenvalue weighted by atomic mass is 32.2. The lowest BCUT2D eigenvalue weighted by Gasteiger charge is -2.07. The molecular formula is C11H13N5OS. The maximum atomic E-state index is 11.8. The van der Waals surface area contributed by atoms with E-state index in [1.54, 1.807) is 4.57 Å². The third-order valence-electron chi connectivity index (χ3n) is 2.29. The zero-order valence-corrected chi connectivity index (χ0v) is 10.6. The van der Waals surface area contributed by atoms with E-state index in [2.05, 4.69) is 15.5 Å². The van der Waals surface area contributed by atoms with E-state index in [-0.39, 0.29) is 18.4 Å². The number of amides is 1. The number of hydrogen-bond donors (Lipinski definition) is 2. The lowest BCUT2D eigenvalue weighted by Crippen LogP contribution is -2.20. The molecule has 0 saturated carbocycles. The number of carbonyl (C=O) groups is 1. The molecular weight excluding hydrogens is 250 g/mol. The summed E-state index contributed by atoms with van der Waals surface area (Å²) in [4.78, 5) is 11.8. The Kier molecular flexibility index (Phi) is 3.83. The maximum absolute atomic E-state index is 11.8. The van der Waals surface area contributed by atoms with Crippen LogP contribution in [0.2, 0.25) is 0 Å². The van der Waals surface area contributed by atoms with Gasteiger partial charge in [0.2, 0.25) is 11.9 Å². The Morgan fingerprint density at radius 1 is 1.39 bits per heavy atom. The molecule has 0 aliphatic heterocycles. The molecule has 1 aromatic heterocycles. The number of anilines is 2. The second kappa shape index (κ2) is 5.54. The number of para-hydroxylation sites is 1. The largest absolute Gasteiger partial charge is 0.368 e. The van der Waals surface area contributed by atoms with Crippen molar-refractivity contribution in [1.29, 1.82) is 0 Å². The van der Waals surface area contributed by atoms with Gasteiger partial charge in [0.05, 0.1) is 0 Å². The Hall–Kier alpha value is -2.02. The zero-order chi connectivity index (χ0) is 13.0. The van der Waals surface area contributed by atoms with Crippen LogP contribution in [0.15, 0.2) is 35.5 Å². The normalized spacial score (nSPS) is 10.3. The van der Waals surface area contributed by atoms with Gasteiger partial charge in [-0.05, 0) is 18.4 Å². The van der Waals surface area contributed by atoms with Gasteiger partial charge in [0, 0.05) is 5.69 Å². The van der Waals surface area contributed by atoms with Gasteiger partial charge in [-0.15, -0.1) is 10.2 Å². The number of hydrogen-bond acceptors (Lipinski definition) is 5. The van der Waals surface area contributed by atoms with Crippen LogP contribution in [0.4, 0.5) is 11.6 Å². The molecule has 0 aliphatic rings. The zero-order valence-electron chi connectivity index (χ0n) is 9.83. The van der Waals surface area contributed by atoms with Crippen LogP contribution in [0.3, 0.4) is 0 Å². The lowest BCUT2D eigenvalue weighted by atomic mass is 10.3. The van der Waals surface area contributed by atoms with Crippen LogP contribution in [0.5, 0.6) is 0 Å². The average Bonchev–Trinajstić information content (AvgIpc) is 2.72. The van der Waals surface area contributed by atoms with Gasteiger partial charge >= 0.3 is 0 Å². The molecule has 1 amide bonds. The van der Waals surface area contributed by atoms with Crippen LogP contribution in [0.1, 0.15) is 0 Å². The van der Waals surface area contributed by atoms with E-state index in [9.17, 15) is 4.79 Å². The van der Waals surface area contributed by atoms with Crippen molar-refractivity contribution >= 4 is 29.3 Å². The van der Waals surface area contributed by atoms with Gasteiger partial charge in [-0.25, -0.2) is 0 Å². The summed E-state index contributed by atoms with van der Waals surface area (Å²) >= 11 is 1.39. The van der Waals surface area contributed by atoms with Crippen molar-refractivity contribution in [2.75, 3.05) is 17.3 Å². The Morgan fingerprint density at radius 3 is 2.78 bits per heavy atom. The van der Waals surface area contributed by atoms with Crippen molar-refractivity contribution in [2.45, 2.75) is 11.7 Å². The first-order valence-electron chi connectivity index (χ1n) is 5.28. The van der Waals surface area contributed by atoms with Crippen LogP contribution >= 0.6 is 11.8 Å². The molecule has 18 heavy (non-hydrogen) atoms. The molecule has 0 radical (unpaired) electrons. The molecule has 1 heterocycles. The number of nitrogens with two attached hydrogens (primary N) is 1. The minimum absolute atomic E-state index is 0.101. The molecule has 6 nitrogen and oxygen atoms in total. The highest BCUT2D eigenvalue weighted by molar-refractivity contribution is 7.98. The van der Waals surface area contributed by atoms with Gasteiger partial charge in [-0.2, -0.15) is 0 Å². The first-order chi connectivity index (χ1) is 8.70. The second-order valence-electron chi connectivity index (χ2n) is 3.55. The smallest absolute Gasteiger partial charge is 0.244 e. The molecule has 0 spiro atoms. The molecule has 0 fully saturated rings. The van der Waals surface area contributed by atoms with E-state index in [0.717, 1.165) is 5.69 Å². The van der Waals surface area contributed by atoms with E-state index in [1.165, 1.54) is 11.8 Å². The van der Waals surface area contributed by atoms with Crippen LogP contribution in [-0.4, -0.2) is 26.9 Å². The minimum atomic E-state index is -0.164. The summed E-state index contributed by atoms with van der Waals surface area (Å²) in [6.45, 7) is 0.101. The Balaban J connectivity index is 2.05. The molecule has 0 bridgehead atoms. The number of benzene rings is 1. The van der Waals surface area contributed by atoms with Gasteiger partial charge in [0.1, 0.15) is 6.54 Å². The van der Waals surface area contributed by atoms with Crippen molar-refractivity contribution in [2.24, 2.45) is 0 Å². The average molecular weight is 263 g/mol. The number of rotatable bonds is 4. The molecule has 2 rings (SSSR count). The fraction of sp³-hybridized carbons (Fsp3) is 0.182. The van der Waals surface area contributed by atoms with Gasteiger partial charge in [-0.1, -0.05) is 30.0 Å². The Bertz CT molecular complexity index is 540. The quantitative estimate of drug-likeness (QED) is 0.810. The van der Waals surface area contributed by atoms with Crippen LogP contribution < -0.4 is 11.1 Å². The number of nitrogens with zero attached hydrogens (tertiary/aromatic N) is 3. The molecule has 1 aromatic carbocycles. The molecule has 0 aliphatic carbocycles. The summed E-state index contributed by atoms with van der Waals surface area (Å²) < 4.78 is 1.57. The van der Waals surface area contributed by atoms with Gasteiger partial charge < -0.3 is 11.1 Å². The Labute approximate surface area is 109 Å². The lowest BCUT2D eigenvalue weighted by molar-refractivity contribution is -0.116. The van der Waals surface area contributed by atoms with E-state index in [4.69, 9.17) is 5.73 Å². The third kappa shape index (κ3) is 2.80. The summed E-state index contributed by atoms with van der Waals surface area (Å²) in [7, 11) is 0. The molecule has 0 saturated heterocycles. The van der Waals surface area contributed by atoms with Crippen LogP contribution in [0.25, 0.3) is 0 Å². The summed E-state index contributed by atoms with van der Waals surface area (Å²) in [5.41, 5.74) is 6.40. The van der Waals surface area contributed by atoms with Gasteiger partial charge in [0.15, 0.2) is 5.16 Å². The minimum Gasteiger partial charge on any atom is -0.368 e. The monoisotopic (exact) mass is 263 g/mol. The van der Waals surface area contributed by atoms with E-state index in [1.807, 2.05) is 36.6 Å². The first-order valence-corrected chi connectivity index (χ1v) is 6.50. The number of aromatic nitrogens is 3. The highest BCUT2D eigenvalue weighted by Crippen LogP contribution is 2.15. The predicted molar refractivity (Wildman–Crippen MR) is 71.3 cm³/mol. The number of nitrogens with one attached hydrogen (secondary N) is 1. The van der Waals surface area contributed by atoms with Gasteiger partial charge in [0.25, 0.3) is 0 Å². The number of thioether (sulfide) groups is 1. The van der Waals surface area contributed by atoms with Crippen molar-refractivity contribution in [1.82, 2.24) is 14.8 Å². The SMILES string of the molecule is CSc1nnc(N)n1CC(=O)Nc1ccccc1. The van der Waals surface area contributed by atoms with E-state index >= 15 is 0 Å². The topological polar surface area (TPSA) is 85.8 Å². The number of nitrogen functional groups attached to an aromatic ring is 1. The van der Waals surface area contributed by atoms with Gasteiger partial charge in [-0.3, -0.25) is 9.36 Å². The first kappa shape index (κ1) is 12.4. The number of carbonyl (C=O) groups excluding carboxylic acids is 1. The third-order valence-corrected chi connectivity index (χ3v) is 2.95. The fourth-order valence-corrected chi connectivity index (χ4v) is 1.97. The summed E-state index contributed by atoms with van der Waals surface area (Å²) in [5.74, 6) is 0.0746. The molecule has 7 heteroatoms. The molecule has 3 N–H and O–H groups in total. The van der Waals surface area contributed by atoms with Crippen LogP contribution in [-0.2, 0) is 11.3 Å². The standard InChI is InChI=1S/C11H13N5OS/c1-18-11-15-14-10(12)16(11)7-9(17)13-8-5-3-2-4-6-8/h2-6H,7H2,1H3,(H2,12,14)(H,13,17). The molecule has 2 aromatic rings. The van der Waals surface area contributed by atoms with Crippen molar-refractivity contribution in [3.8, 4) is 0 Å². The molecule has 0 atom stereocenters. The van der Waals surface area contributed by atoms with E-state index in [0.29, 0.717) is 5.16 Å². The van der Waals surface area contributed by atoms with Crippen LogP contribution in [0, 0.1) is 0 Å². The summed E-state index contributed by atoms with van der Waals surface area (Å²) in [6.07, 6.45) is 1.86.